The number of hydrogen-bond acceptors (Lipinski definition) is 4. The number of esters is 2. The van der Waals surface area contributed by atoms with Crippen molar-refractivity contribution in [2.24, 2.45) is 5.41 Å². The van der Waals surface area contributed by atoms with Crippen molar-refractivity contribution in [3.63, 3.8) is 0 Å². The molecule has 0 aliphatic carbocycles. The van der Waals surface area contributed by atoms with Crippen LogP contribution in [-0.2, 0) is 19.1 Å². The summed E-state index contributed by atoms with van der Waals surface area (Å²) < 4.78 is 10.5. The predicted molar refractivity (Wildman–Crippen MR) is 94.8 cm³/mol. The van der Waals surface area contributed by atoms with Crippen LogP contribution in [0.5, 0.6) is 0 Å². The normalized spacial score (nSPS) is 10.5. The Hall–Kier alpha value is -0.880. The molecule has 0 atom stereocenters. The lowest BCUT2D eigenvalue weighted by molar-refractivity contribution is -0.169. The van der Waals surface area contributed by atoms with E-state index >= 15 is 0 Å². The van der Waals surface area contributed by atoms with E-state index in [1.807, 2.05) is 0 Å². The van der Waals surface area contributed by atoms with Gasteiger partial charge in [0.2, 0.25) is 0 Å². The number of methoxy groups -OCH3 is 2. The second-order valence-corrected chi connectivity index (χ2v) is 7.41. The van der Waals surface area contributed by atoms with Gasteiger partial charge in [-0.25, -0.2) is 0 Å². The maximum Gasteiger partial charge on any atom is 0.323 e. The van der Waals surface area contributed by atoms with Crippen LogP contribution >= 0.6 is 31.9 Å². The number of carbonyl (C=O) groups excluding carboxylic acids is 2. The monoisotopic (exact) mass is 436 g/mol. The van der Waals surface area contributed by atoms with E-state index in [1.54, 1.807) is 12.2 Å². The fourth-order valence-corrected chi connectivity index (χ4v) is 2.83. The molecule has 0 rings (SSSR count). The number of rotatable bonds is 10. The van der Waals surface area contributed by atoms with Gasteiger partial charge < -0.3 is 9.47 Å². The smallest absolute Gasteiger partial charge is 0.323 e. The van der Waals surface area contributed by atoms with E-state index in [1.165, 1.54) is 14.2 Å². The number of halogens is 2. The van der Waals surface area contributed by atoms with Crippen LogP contribution in [0.2, 0.25) is 0 Å². The Morgan fingerprint density at radius 1 is 1.05 bits per heavy atom. The first kappa shape index (κ1) is 21.1. The van der Waals surface area contributed by atoms with E-state index in [2.05, 4.69) is 45.0 Å². The number of allylic oxidation sites excluding steroid dienone is 3. The summed E-state index contributed by atoms with van der Waals surface area (Å²) in [5.74, 6) is -1.20. The van der Waals surface area contributed by atoms with Gasteiger partial charge in [0.25, 0.3) is 0 Å². The Bertz CT molecular complexity index is 435. The topological polar surface area (TPSA) is 52.6 Å². The molecule has 0 aromatic heterocycles. The van der Waals surface area contributed by atoms with Gasteiger partial charge in [-0.1, -0.05) is 12.2 Å². The van der Waals surface area contributed by atoms with Crippen molar-refractivity contribution in [2.75, 3.05) is 14.2 Å². The first-order valence-electron chi connectivity index (χ1n) is 6.81. The number of hydrogen-bond donors (Lipinski definition) is 0. The third-order valence-corrected chi connectivity index (χ3v) is 4.48. The van der Waals surface area contributed by atoms with Crippen molar-refractivity contribution in [1.29, 1.82) is 0 Å². The minimum atomic E-state index is -1.37. The summed E-state index contributed by atoms with van der Waals surface area (Å²) in [6, 6.07) is 0. The van der Waals surface area contributed by atoms with Crippen LogP contribution in [0.4, 0.5) is 0 Å². The molecule has 0 amide bonds. The summed E-state index contributed by atoms with van der Waals surface area (Å²) in [6.45, 7) is 7.34. The molecule has 22 heavy (non-hydrogen) atoms. The number of ether oxygens (including phenoxy) is 2. The quantitative estimate of drug-likeness (QED) is 0.283. The fourth-order valence-electron chi connectivity index (χ4n) is 2.15. The van der Waals surface area contributed by atoms with Gasteiger partial charge >= 0.3 is 11.9 Å². The van der Waals surface area contributed by atoms with E-state index < -0.39 is 17.4 Å². The van der Waals surface area contributed by atoms with E-state index in [0.29, 0.717) is 12.8 Å². The van der Waals surface area contributed by atoms with E-state index in [4.69, 9.17) is 9.47 Å². The Labute approximate surface area is 148 Å². The summed E-state index contributed by atoms with van der Waals surface area (Å²) in [6.07, 6.45) is 5.83. The SMILES string of the molecule is C=CCCC(CC(CCC=C)(C(=O)OC)C(=O)OC)=C(Br)Br. The fraction of sp³-hybridized carbons (Fsp3) is 0.500. The first-order valence-corrected chi connectivity index (χ1v) is 8.39. The molecule has 0 aliphatic rings. The summed E-state index contributed by atoms with van der Waals surface area (Å²) in [7, 11) is 2.54. The highest BCUT2D eigenvalue weighted by Gasteiger charge is 2.48. The van der Waals surface area contributed by atoms with Crippen LogP contribution in [0.15, 0.2) is 34.3 Å². The maximum atomic E-state index is 12.3. The third-order valence-electron chi connectivity index (χ3n) is 3.36. The molecule has 0 aromatic rings. The van der Waals surface area contributed by atoms with Crippen molar-refractivity contribution in [3.8, 4) is 0 Å². The van der Waals surface area contributed by atoms with Crippen molar-refractivity contribution < 1.29 is 19.1 Å². The van der Waals surface area contributed by atoms with Crippen LogP contribution in [-0.4, -0.2) is 26.2 Å². The number of carbonyl (C=O) groups is 2. The van der Waals surface area contributed by atoms with Crippen LogP contribution < -0.4 is 0 Å². The van der Waals surface area contributed by atoms with Gasteiger partial charge in [-0.2, -0.15) is 0 Å². The van der Waals surface area contributed by atoms with Gasteiger partial charge in [0.05, 0.1) is 17.6 Å². The minimum Gasteiger partial charge on any atom is -0.468 e. The summed E-state index contributed by atoms with van der Waals surface area (Å²) in [4.78, 5) is 24.7. The van der Waals surface area contributed by atoms with Crippen LogP contribution in [0.3, 0.4) is 0 Å². The van der Waals surface area contributed by atoms with Crippen molar-refractivity contribution in [3.05, 3.63) is 34.3 Å². The highest BCUT2D eigenvalue weighted by Crippen LogP contribution is 2.39. The lowest BCUT2D eigenvalue weighted by Crippen LogP contribution is -2.41. The lowest BCUT2D eigenvalue weighted by atomic mass is 9.77. The molecule has 0 fully saturated rings. The van der Waals surface area contributed by atoms with Gasteiger partial charge in [-0.15, -0.1) is 13.2 Å². The van der Waals surface area contributed by atoms with Crippen LogP contribution in [0, 0.1) is 5.41 Å². The third kappa shape index (κ3) is 5.72. The first-order chi connectivity index (χ1) is 10.4. The molecular formula is C16H22Br2O4. The molecule has 0 aromatic carbocycles. The van der Waals surface area contributed by atoms with Crippen molar-refractivity contribution in [2.45, 2.75) is 32.1 Å². The second kappa shape index (κ2) is 10.8. The van der Waals surface area contributed by atoms with Crippen LogP contribution in [0.25, 0.3) is 0 Å². The molecule has 0 radical (unpaired) electrons. The molecule has 124 valence electrons. The van der Waals surface area contributed by atoms with Gasteiger partial charge in [0.15, 0.2) is 5.41 Å². The molecule has 0 N–H and O–H groups in total. The zero-order valence-corrected chi connectivity index (χ0v) is 16.2. The molecule has 0 aliphatic heterocycles. The Balaban J connectivity index is 5.74. The Kier molecular flexibility index (Phi) is 10.3. The van der Waals surface area contributed by atoms with E-state index in [0.717, 1.165) is 15.4 Å². The standard InChI is InChI=1S/C16H22Br2O4/c1-5-7-9-12(13(17)18)11-16(10-8-6-2,14(19)21-3)15(20)22-4/h5-6H,1-2,7-11H2,3-4H3. The zero-order chi connectivity index (χ0) is 17.2. The molecule has 0 spiro atoms. The maximum absolute atomic E-state index is 12.3. The van der Waals surface area contributed by atoms with Crippen molar-refractivity contribution >= 4 is 43.8 Å². The average Bonchev–Trinajstić information content (AvgIpc) is 2.52. The lowest BCUT2D eigenvalue weighted by Gasteiger charge is -2.29. The highest BCUT2D eigenvalue weighted by molar-refractivity contribution is 9.28. The van der Waals surface area contributed by atoms with Gasteiger partial charge in [0.1, 0.15) is 0 Å². The van der Waals surface area contributed by atoms with Gasteiger partial charge in [-0.3, -0.25) is 9.59 Å². The molecule has 0 heterocycles. The molecule has 6 heteroatoms. The Morgan fingerprint density at radius 3 is 1.91 bits per heavy atom. The molecule has 0 saturated heterocycles. The summed E-state index contributed by atoms with van der Waals surface area (Å²) in [5, 5.41) is 0. The highest BCUT2D eigenvalue weighted by atomic mass is 79.9. The molecule has 0 bridgehead atoms. The van der Waals surface area contributed by atoms with Gasteiger partial charge in [-0.05, 0) is 69.5 Å². The molecule has 4 nitrogen and oxygen atoms in total. The van der Waals surface area contributed by atoms with E-state index in [9.17, 15) is 9.59 Å². The van der Waals surface area contributed by atoms with Gasteiger partial charge in [0, 0.05) is 0 Å². The largest absolute Gasteiger partial charge is 0.468 e. The minimum absolute atomic E-state index is 0.208. The average molecular weight is 438 g/mol. The Morgan fingerprint density at radius 2 is 1.55 bits per heavy atom. The van der Waals surface area contributed by atoms with E-state index in [-0.39, 0.29) is 12.8 Å². The van der Waals surface area contributed by atoms with Crippen molar-refractivity contribution in [1.82, 2.24) is 0 Å². The molecular weight excluding hydrogens is 416 g/mol. The molecule has 0 unspecified atom stereocenters. The van der Waals surface area contributed by atoms with Crippen LogP contribution in [0.1, 0.15) is 32.1 Å². The summed E-state index contributed by atoms with van der Waals surface area (Å²) >= 11 is 6.74. The summed E-state index contributed by atoms with van der Waals surface area (Å²) in [5.41, 5.74) is -0.485. The molecule has 0 saturated carbocycles. The second-order valence-electron chi connectivity index (χ2n) is 4.76. The zero-order valence-electron chi connectivity index (χ0n) is 13.0. The predicted octanol–water partition coefficient (Wildman–Crippen LogP) is 4.64.